The number of hydrogen-bond acceptors (Lipinski definition) is 2. The van der Waals surface area contributed by atoms with E-state index in [1.54, 1.807) is 0 Å². The lowest BCUT2D eigenvalue weighted by Gasteiger charge is -2.05. The summed E-state index contributed by atoms with van der Waals surface area (Å²) in [4.78, 5) is 0. The fourth-order valence-electron chi connectivity index (χ4n) is 0.970. The van der Waals surface area contributed by atoms with Crippen LogP contribution in [0.15, 0.2) is 28.7 Å². The van der Waals surface area contributed by atoms with Crippen molar-refractivity contribution >= 4 is 15.9 Å². The van der Waals surface area contributed by atoms with Gasteiger partial charge in [0.1, 0.15) is 5.75 Å². The molecule has 0 unspecified atom stereocenters. The molecule has 0 bridgehead atoms. The van der Waals surface area contributed by atoms with Crippen molar-refractivity contribution in [2.45, 2.75) is 6.42 Å². The van der Waals surface area contributed by atoms with Gasteiger partial charge in [-0.25, -0.2) is 0 Å². The topological polar surface area (TPSA) is 21.3 Å². The maximum atomic E-state index is 5.50. The Morgan fingerprint density at radius 1 is 1.31 bits per heavy atom. The molecule has 0 fully saturated rings. The van der Waals surface area contributed by atoms with Crippen LogP contribution in [0, 0.1) is 0 Å². The minimum atomic E-state index is 0.766. The Balaban J connectivity index is 2.25. The van der Waals surface area contributed by atoms with Crippen LogP contribution in [0.3, 0.4) is 0 Å². The molecule has 0 radical (unpaired) electrons. The molecule has 2 nitrogen and oxygen atoms in total. The molecule has 0 atom stereocenters. The van der Waals surface area contributed by atoms with Crippen LogP contribution in [0.1, 0.15) is 6.42 Å². The largest absolute Gasteiger partial charge is 0.494 e. The van der Waals surface area contributed by atoms with Gasteiger partial charge >= 0.3 is 0 Å². The van der Waals surface area contributed by atoms with Gasteiger partial charge in [-0.3, -0.25) is 0 Å². The van der Waals surface area contributed by atoms with Gasteiger partial charge in [0.15, 0.2) is 0 Å². The summed E-state index contributed by atoms with van der Waals surface area (Å²) < 4.78 is 6.58. The second kappa shape index (κ2) is 6.00. The van der Waals surface area contributed by atoms with E-state index >= 15 is 0 Å². The second-order valence-corrected chi connectivity index (χ2v) is 3.68. The molecule has 0 aliphatic heterocycles. The first-order valence-corrected chi connectivity index (χ1v) is 5.15. The Hall–Kier alpha value is -0.540. The number of hydrogen-bond donors (Lipinski definition) is 1. The fourth-order valence-corrected chi connectivity index (χ4v) is 1.23. The van der Waals surface area contributed by atoms with Crippen LogP contribution in [-0.2, 0) is 0 Å². The lowest BCUT2D eigenvalue weighted by atomic mass is 10.3. The molecule has 0 aromatic heterocycles. The van der Waals surface area contributed by atoms with Crippen molar-refractivity contribution in [1.29, 1.82) is 0 Å². The summed E-state index contributed by atoms with van der Waals surface area (Å²) in [7, 11) is 1.94. The first kappa shape index (κ1) is 10.5. The van der Waals surface area contributed by atoms with Crippen LogP contribution in [0.25, 0.3) is 0 Å². The van der Waals surface area contributed by atoms with Crippen molar-refractivity contribution < 1.29 is 4.74 Å². The Labute approximate surface area is 87.4 Å². The number of halogens is 1. The summed E-state index contributed by atoms with van der Waals surface area (Å²) in [6, 6.07) is 7.88. The van der Waals surface area contributed by atoms with Crippen LogP contribution in [-0.4, -0.2) is 20.2 Å². The van der Waals surface area contributed by atoms with Gasteiger partial charge in [0.25, 0.3) is 0 Å². The van der Waals surface area contributed by atoms with Gasteiger partial charge in [-0.15, -0.1) is 0 Å². The maximum Gasteiger partial charge on any atom is 0.119 e. The van der Waals surface area contributed by atoms with E-state index in [-0.39, 0.29) is 0 Å². The Morgan fingerprint density at radius 2 is 2.00 bits per heavy atom. The van der Waals surface area contributed by atoms with Gasteiger partial charge in [-0.05, 0) is 44.3 Å². The van der Waals surface area contributed by atoms with Crippen molar-refractivity contribution in [1.82, 2.24) is 5.32 Å². The summed E-state index contributed by atoms with van der Waals surface area (Å²) in [5.74, 6) is 0.930. The third kappa shape index (κ3) is 4.29. The summed E-state index contributed by atoms with van der Waals surface area (Å²) in [6.45, 7) is 1.76. The predicted octanol–water partition coefficient (Wildman–Crippen LogP) is 2.44. The third-order valence-corrected chi connectivity index (χ3v) is 2.18. The van der Waals surface area contributed by atoms with Crippen molar-refractivity contribution in [3.8, 4) is 5.75 Å². The van der Waals surface area contributed by atoms with E-state index in [9.17, 15) is 0 Å². The van der Waals surface area contributed by atoms with E-state index in [0.29, 0.717) is 0 Å². The van der Waals surface area contributed by atoms with Gasteiger partial charge in [0, 0.05) is 4.47 Å². The van der Waals surface area contributed by atoms with Gasteiger partial charge in [0.05, 0.1) is 6.61 Å². The average Bonchev–Trinajstić information content (AvgIpc) is 2.15. The highest BCUT2D eigenvalue weighted by molar-refractivity contribution is 9.10. The number of nitrogens with one attached hydrogen (secondary N) is 1. The zero-order valence-corrected chi connectivity index (χ0v) is 9.30. The van der Waals surface area contributed by atoms with Crippen LogP contribution in [0.2, 0.25) is 0 Å². The zero-order valence-electron chi connectivity index (χ0n) is 7.72. The minimum absolute atomic E-state index is 0.766. The molecule has 72 valence electrons. The SMILES string of the molecule is CNCCCOc1ccc(Br)cc1. The smallest absolute Gasteiger partial charge is 0.119 e. The van der Waals surface area contributed by atoms with Crippen LogP contribution in [0.5, 0.6) is 5.75 Å². The first-order valence-electron chi connectivity index (χ1n) is 4.36. The monoisotopic (exact) mass is 243 g/mol. The van der Waals surface area contributed by atoms with E-state index in [2.05, 4.69) is 21.2 Å². The lowest BCUT2D eigenvalue weighted by molar-refractivity contribution is 0.310. The van der Waals surface area contributed by atoms with E-state index in [1.807, 2.05) is 31.3 Å². The lowest BCUT2D eigenvalue weighted by Crippen LogP contribution is -2.11. The summed E-state index contributed by atoms with van der Waals surface area (Å²) in [6.07, 6.45) is 1.03. The quantitative estimate of drug-likeness (QED) is 0.803. The molecule has 0 spiro atoms. The number of benzene rings is 1. The van der Waals surface area contributed by atoms with Crippen molar-refractivity contribution in [2.24, 2.45) is 0 Å². The molecule has 0 saturated heterocycles. The predicted molar refractivity (Wildman–Crippen MR) is 58.2 cm³/mol. The van der Waals surface area contributed by atoms with E-state index < -0.39 is 0 Å². The van der Waals surface area contributed by atoms with Crippen molar-refractivity contribution in [3.05, 3.63) is 28.7 Å². The van der Waals surface area contributed by atoms with Gasteiger partial charge in [-0.2, -0.15) is 0 Å². The Morgan fingerprint density at radius 3 is 2.62 bits per heavy atom. The Kier molecular flexibility index (Phi) is 4.86. The highest BCUT2D eigenvalue weighted by Crippen LogP contribution is 2.15. The van der Waals surface area contributed by atoms with E-state index in [0.717, 1.165) is 29.8 Å². The normalized spacial score (nSPS) is 10.0. The minimum Gasteiger partial charge on any atom is -0.494 e. The fraction of sp³-hybridized carbons (Fsp3) is 0.400. The molecule has 0 heterocycles. The second-order valence-electron chi connectivity index (χ2n) is 2.76. The van der Waals surface area contributed by atoms with Crippen LogP contribution in [0.4, 0.5) is 0 Å². The molecule has 1 aromatic carbocycles. The number of ether oxygens (including phenoxy) is 1. The average molecular weight is 244 g/mol. The zero-order chi connectivity index (χ0) is 9.52. The first-order chi connectivity index (χ1) is 6.33. The third-order valence-electron chi connectivity index (χ3n) is 1.65. The molecule has 0 aliphatic carbocycles. The standard InChI is InChI=1S/C10H14BrNO/c1-12-7-2-8-13-10-5-3-9(11)4-6-10/h3-6,12H,2,7-8H2,1H3. The van der Waals surface area contributed by atoms with Gasteiger partial charge in [-0.1, -0.05) is 15.9 Å². The summed E-state index contributed by atoms with van der Waals surface area (Å²) in [5.41, 5.74) is 0. The van der Waals surface area contributed by atoms with E-state index in [1.165, 1.54) is 0 Å². The maximum absolute atomic E-state index is 5.50. The summed E-state index contributed by atoms with van der Waals surface area (Å²) >= 11 is 3.37. The van der Waals surface area contributed by atoms with Crippen molar-refractivity contribution in [3.63, 3.8) is 0 Å². The van der Waals surface area contributed by atoms with Crippen molar-refractivity contribution in [2.75, 3.05) is 20.2 Å². The molecule has 0 amide bonds. The molecule has 3 heteroatoms. The molecule has 0 aliphatic rings. The molecule has 13 heavy (non-hydrogen) atoms. The van der Waals surface area contributed by atoms with E-state index in [4.69, 9.17) is 4.74 Å². The van der Waals surface area contributed by atoms with Crippen LogP contribution >= 0.6 is 15.9 Å². The highest BCUT2D eigenvalue weighted by atomic mass is 79.9. The molecular formula is C10H14BrNO. The summed E-state index contributed by atoms with van der Waals surface area (Å²) in [5, 5.41) is 3.08. The molecule has 1 N–H and O–H groups in total. The highest BCUT2D eigenvalue weighted by Gasteiger charge is 1.92. The Bertz CT molecular complexity index is 235. The molecule has 0 saturated carbocycles. The molecular weight excluding hydrogens is 230 g/mol. The number of rotatable bonds is 5. The van der Waals surface area contributed by atoms with Gasteiger partial charge in [0.2, 0.25) is 0 Å². The molecule has 1 rings (SSSR count). The van der Waals surface area contributed by atoms with Gasteiger partial charge < -0.3 is 10.1 Å². The van der Waals surface area contributed by atoms with Crippen LogP contribution < -0.4 is 10.1 Å². The molecule has 1 aromatic rings.